The molecule has 0 aliphatic carbocycles. The van der Waals surface area contributed by atoms with Crippen LogP contribution in [0.1, 0.15) is 0 Å². The second-order valence-electron chi connectivity index (χ2n) is 4.30. The Bertz CT molecular complexity index is 462. The molecule has 2 rings (SSSR count). The van der Waals surface area contributed by atoms with E-state index in [-0.39, 0.29) is 4.90 Å². The van der Waals surface area contributed by atoms with Gasteiger partial charge in [-0.1, -0.05) is 0 Å². The first-order valence-electron chi connectivity index (χ1n) is 5.71. The highest BCUT2D eigenvalue weighted by Gasteiger charge is 2.12. The Hall–Kier alpha value is -0.920. The van der Waals surface area contributed by atoms with Crippen LogP contribution < -0.4 is 5.32 Å². The smallest absolute Gasteiger partial charge is 0.178 e. The number of sulfone groups is 1. The zero-order valence-corrected chi connectivity index (χ0v) is 10.8. The molecule has 6 nitrogen and oxygen atoms in total. The highest BCUT2D eigenvalue weighted by Crippen LogP contribution is 2.06. The van der Waals surface area contributed by atoms with Crippen LogP contribution in [0.15, 0.2) is 17.3 Å². The monoisotopic (exact) mass is 258 g/mol. The molecule has 1 saturated heterocycles. The van der Waals surface area contributed by atoms with Crippen molar-refractivity contribution in [2.24, 2.45) is 0 Å². The third-order valence-corrected chi connectivity index (χ3v) is 3.96. The summed E-state index contributed by atoms with van der Waals surface area (Å²) in [5.74, 6) is 0. The Labute approximate surface area is 102 Å². The van der Waals surface area contributed by atoms with Crippen molar-refractivity contribution in [2.45, 2.75) is 11.4 Å². The van der Waals surface area contributed by atoms with Gasteiger partial charge in [0.2, 0.25) is 0 Å². The van der Waals surface area contributed by atoms with Gasteiger partial charge in [-0.05, 0) is 0 Å². The van der Waals surface area contributed by atoms with Gasteiger partial charge in [0, 0.05) is 45.2 Å². The summed E-state index contributed by atoms with van der Waals surface area (Å²) >= 11 is 0. The third-order valence-electron chi connectivity index (χ3n) is 2.89. The summed E-state index contributed by atoms with van der Waals surface area (Å²) in [6.07, 6.45) is 4.20. The van der Waals surface area contributed by atoms with Crippen LogP contribution in [0.5, 0.6) is 0 Å². The fourth-order valence-corrected chi connectivity index (χ4v) is 2.39. The molecule has 1 aromatic rings. The van der Waals surface area contributed by atoms with Crippen LogP contribution in [0, 0.1) is 0 Å². The fraction of sp³-hybridized carbons (Fsp3) is 0.700. The van der Waals surface area contributed by atoms with E-state index in [1.165, 1.54) is 12.5 Å². The Morgan fingerprint density at radius 2 is 2.06 bits per heavy atom. The summed E-state index contributed by atoms with van der Waals surface area (Å²) in [5, 5.41) is 7.36. The van der Waals surface area contributed by atoms with Gasteiger partial charge in [-0.3, -0.25) is 9.58 Å². The van der Waals surface area contributed by atoms with Crippen LogP contribution in [-0.2, 0) is 16.4 Å². The second kappa shape index (κ2) is 5.16. The molecule has 0 unspecified atom stereocenters. The van der Waals surface area contributed by atoms with Gasteiger partial charge in [-0.15, -0.1) is 0 Å². The minimum Gasteiger partial charge on any atom is -0.314 e. The van der Waals surface area contributed by atoms with Crippen molar-refractivity contribution in [1.29, 1.82) is 0 Å². The van der Waals surface area contributed by atoms with E-state index in [4.69, 9.17) is 0 Å². The molecule has 0 atom stereocenters. The van der Waals surface area contributed by atoms with E-state index in [0.717, 1.165) is 39.3 Å². The molecule has 1 N–H and O–H groups in total. The minimum atomic E-state index is -3.13. The maximum atomic E-state index is 11.3. The number of aromatic nitrogens is 2. The van der Waals surface area contributed by atoms with Crippen molar-refractivity contribution >= 4 is 9.84 Å². The second-order valence-corrected chi connectivity index (χ2v) is 6.32. The van der Waals surface area contributed by atoms with E-state index in [1.54, 1.807) is 10.9 Å². The van der Waals surface area contributed by atoms with Crippen LogP contribution in [0.2, 0.25) is 0 Å². The van der Waals surface area contributed by atoms with E-state index >= 15 is 0 Å². The molecule has 7 heteroatoms. The first kappa shape index (κ1) is 12.5. The van der Waals surface area contributed by atoms with Crippen LogP contribution in [-0.4, -0.2) is 62.1 Å². The Kier molecular flexibility index (Phi) is 3.80. The quantitative estimate of drug-likeness (QED) is 0.765. The first-order valence-corrected chi connectivity index (χ1v) is 7.60. The predicted octanol–water partition coefficient (Wildman–Crippen LogP) is -0.808. The Morgan fingerprint density at radius 3 is 2.65 bits per heavy atom. The van der Waals surface area contributed by atoms with Crippen LogP contribution in [0.25, 0.3) is 0 Å². The van der Waals surface area contributed by atoms with Gasteiger partial charge in [-0.2, -0.15) is 5.10 Å². The molecule has 0 bridgehead atoms. The fourth-order valence-electron chi connectivity index (χ4n) is 1.84. The standard InChI is InChI=1S/C10H18N4O2S/c1-17(15,16)10-8-12-14(9-10)7-6-13-4-2-11-3-5-13/h8-9,11H,2-7H2,1H3. The molecule has 1 aromatic heterocycles. The summed E-state index contributed by atoms with van der Waals surface area (Å²) in [4.78, 5) is 2.64. The molecule has 17 heavy (non-hydrogen) atoms. The maximum absolute atomic E-state index is 11.3. The Morgan fingerprint density at radius 1 is 1.35 bits per heavy atom. The van der Waals surface area contributed by atoms with E-state index < -0.39 is 9.84 Å². The molecule has 0 aromatic carbocycles. The number of piperazine rings is 1. The molecule has 2 heterocycles. The van der Waals surface area contributed by atoms with Crippen molar-refractivity contribution in [1.82, 2.24) is 20.0 Å². The number of rotatable bonds is 4. The van der Waals surface area contributed by atoms with Gasteiger partial charge in [-0.25, -0.2) is 8.42 Å². The number of nitrogens with one attached hydrogen (secondary N) is 1. The van der Waals surface area contributed by atoms with E-state index in [0.29, 0.717) is 0 Å². The lowest BCUT2D eigenvalue weighted by atomic mass is 10.3. The summed E-state index contributed by atoms with van der Waals surface area (Å²) in [5.41, 5.74) is 0. The van der Waals surface area contributed by atoms with Crippen LogP contribution >= 0.6 is 0 Å². The highest BCUT2D eigenvalue weighted by atomic mass is 32.2. The molecule has 0 spiro atoms. The molecule has 96 valence electrons. The summed E-state index contributed by atoms with van der Waals surface area (Å²) in [7, 11) is -3.13. The van der Waals surface area contributed by atoms with Crippen molar-refractivity contribution in [2.75, 3.05) is 39.0 Å². The van der Waals surface area contributed by atoms with Crippen molar-refractivity contribution in [3.05, 3.63) is 12.4 Å². The lowest BCUT2D eigenvalue weighted by Crippen LogP contribution is -2.44. The first-order chi connectivity index (χ1) is 8.05. The number of hydrogen-bond acceptors (Lipinski definition) is 5. The lowest BCUT2D eigenvalue weighted by molar-refractivity contribution is 0.229. The van der Waals surface area contributed by atoms with Gasteiger partial charge in [0.25, 0.3) is 0 Å². The molecule has 1 aliphatic heterocycles. The minimum absolute atomic E-state index is 0.290. The topological polar surface area (TPSA) is 67.2 Å². The molecule has 0 saturated carbocycles. The largest absolute Gasteiger partial charge is 0.314 e. The summed E-state index contributed by atoms with van der Waals surface area (Å²) < 4.78 is 24.3. The van der Waals surface area contributed by atoms with Crippen molar-refractivity contribution in [3.63, 3.8) is 0 Å². The van der Waals surface area contributed by atoms with E-state index in [2.05, 4.69) is 15.3 Å². The molecule has 0 amide bonds. The predicted molar refractivity (Wildman–Crippen MR) is 64.6 cm³/mol. The maximum Gasteiger partial charge on any atom is 0.178 e. The normalized spacial score (nSPS) is 18.4. The van der Waals surface area contributed by atoms with E-state index in [9.17, 15) is 8.42 Å². The molecular formula is C10H18N4O2S. The van der Waals surface area contributed by atoms with Gasteiger partial charge in [0.1, 0.15) is 4.90 Å². The van der Waals surface area contributed by atoms with Gasteiger partial charge in [0.15, 0.2) is 9.84 Å². The van der Waals surface area contributed by atoms with Crippen LogP contribution in [0.4, 0.5) is 0 Å². The SMILES string of the molecule is CS(=O)(=O)c1cnn(CCN2CCNCC2)c1. The van der Waals surface area contributed by atoms with Gasteiger partial charge in [0.05, 0.1) is 12.7 Å². The zero-order chi connectivity index (χ0) is 12.3. The average molecular weight is 258 g/mol. The van der Waals surface area contributed by atoms with Crippen molar-refractivity contribution in [3.8, 4) is 0 Å². The Balaban J connectivity index is 1.89. The van der Waals surface area contributed by atoms with E-state index in [1.807, 2.05) is 0 Å². The zero-order valence-electron chi connectivity index (χ0n) is 9.96. The highest BCUT2D eigenvalue weighted by molar-refractivity contribution is 7.90. The summed E-state index contributed by atoms with van der Waals surface area (Å²) in [6.45, 7) is 5.77. The van der Waals surface area contributed by atoms with Gasteiger partial charge < -0.3 is 5.32 Å². The average Bonchev–Trinajstić information content (AvgIpc) is 2.76. The third kappa shape index (κ3) is 3.52. The number of nitrogens with zero attached hydrogens (tertiary/aromatic N) is 3. The molecular weight excluding hydrogens is 240 g/mol. The molecule has 1 aliphatic rings. The lowest BCUT2D eigenvalue weighted by Gasteiger charge is -2.26. The van der Waals surface area contributed by atoms with Gasteiger partial charge >= 0.3 is 0 Å². The van der Waals surface area contributed by atoms with Crippen LogP contribution in [0.3, 0.4) is 0 Å². The number of hydrogen-bond donors (Lipinski definition) is 1. The summed E-state index contributed by atoms with van der Waals surface area (Å²) in [6, 6.07) is 0. The molecule has 1 fully saturated rings. The molecule has 0 radical (unpaired) electrons. The van der Waals surface area contributed by atoms with Crippen molar-refractivity contribution < 1.29 is 8.42 Å².